The lowest BCUT2D eigenvalue weighted by Gasteiger charge is -2.40. The monoisotopic (exact) mass is 255 g/mol. The van der Waals surface area contributed by atoms with Gasteiger partial charge in [0.05, 0.1) is 0 Å². The third kappa shape index (κ3) is 5.27. The summed E-state index contributed by atoms with van der Waals surface area (Å²) in [5.74, 6) is 0. The van der Waals surface area contributed by atoms with E-state index in [2.05, 4.69) is 18.7 Å². The zero-order chi connectivity index (χ0) is 13.3. The molecule has 0 spiro atoms. The van der Waals surface area contributed by atoms with Crippen molar-refractivity contribution in [2.75, 3.05) is 26.2 Å². The number of nitrogens with zero attached hydrogens (tertiary/aromatic N) is 1. The molecule has 0 bridgehead atoms. The number of hydrogen-bond donors (Lipinski definition) is 1. The Balaban J connectivity index is 2.49. The van der Waals surface area contributed by atoms with Gasteiger partial charge in [0.2, 0.25) is 0 Å². The van der Waals surface area contributed by atoms with Crippen molar-refractivity contribution in [3.8, 4) is 0 Å². The minimum Gasteiger partial charge on any atom is -0.396 e. The molecule has 108 valence electrons. The average Bonchev–Trinajstić information content (AvgIpc) is 2.43. The number of rotatable bonds is 9. The van der Waals surface area contributed by atoms with Crippen molar-refractivity contribution >= 4 is 0 Å². The summed E-state index contributed by atoms with van der Waals surface area (Å²) < 4.78 is 0. The second-order valence-corrected chi connectivity index (χ2v) is 6.20. The molecular weight excluding hydrogens is 222 g/mol. The normalized spacial score (nSPS) is 19.3. The van der Waals surface area contributed by atoms with E-state index in [1.807, 2.05) is 0 Å². The summed E-state index contributed by atoms with van der Waals surface area (Å²) in [4.78, 5) is 2.62. The zero-order valence-corrected chi connectivity index (χ0v) is 12.6. The van der Waals surface area contributed by atoms with Crippen LogP contribution in [-0.2, 0) is 0 Å². The molecule has 0 amide bonds. The first-order valence-electron chi connectivity index (χ1n) is 8.09. The van der Waals surface area contributed by atoms with E-state index in [1.54, 1.807) is 0 Å². The predicted molar refractivity (Wildman–Crippen MR) is 78.9 cm³/mol. The van der Waals surface area contributed by atoms with Crippen molar-refractivity contribution in [1.29, 1.82) is 0 Å². The van der Waals surface area contributed by atoms with Crippen LogP contribution in [0.25, 0.3) is 0 Å². The van der Waals surface area contributed by atoms with E-state index in [-0.39, 0.29) is 5.41 Å². The fourth-order valence-corrected chi connectivity index (χ4v) is 3.18. The Morgan fingerprint density at radius 2 is 1.50 bits per heavy atom. The van der Waals surface area contributed by atoms with Gasteiger partial charge in [0.15, 0.2) is 0 Å². The molecule has 0 aromatic heterocycles. The highest BCUT2D eigenvalue weighted by molar-refractivity contribution is 4.85. The molecule has 18 heavy (non-hydrogen) atoms. The Kier molecular flexibility index (Phi) is 7.92. The second kappa shape index (κ2) is 8.92. The fraction of sp³-hybridized carbons (Fsp3) is 1.00. The summed E-state index contributed by atoms with van der Waals surface area (Å²) >= 11 is 0. The lowest BCUT2D eigenvalue weighted by Crippen LogP contribution is -2.42. The van der Waals surface area contributed by atoms with Crippen molar-refractivity contribution in [2.24, 2.45) is 5.41 Å². The van der Waals surface area contributed by atoms with Crippen LogP contribution >= 0.6 is 0 Å². The Labute approximate surface area is 114 Å². The van der Waals surface area contributed by atoms with Crippen LogP contribution in [0, 0.1) is 5.41 Å². The van der Waals surface area contributed by atoms with E-state index >= 15 is 0 Å². The Hall–Kier alpha value is -0.0800. The average molecular weight is 255 g/mol. The lowest BCUT2D eigenvalue weighted by atomic mass is 9.74. The summed E-state index contributed by atoms with van der Waals surface area (Å²) in [7, 11) is 0. The van der Waals surface area contributed by atoms with Crippen molar-refractivity contribution in [3.05, 3.63) is 0 Å². The van der Waals surface area contributed by atoms with E-state index in [0.717, 1.165) is 6.54 Å². The number of hydrogen-bond acceptors (Lipinski definition) is 2. The van der Waals surface area contributed by atoms with Gasteiger partial charge in [0.25, 0.3) is 0 Å². The lowest BCUT2D eigenvalue weighted by molar-refractivity contribution is 0.0394. The van der Waals surface area contributed by atoms with E-state index in [0.29, 0.717) is 6.61 Å². The van der Waals surface area contributed by atoms with Crippen molar-refractivity contribution < 1.29 is 5.11 Å². The van der Waals surface area contributed by atoms with Gasteiger partial charge in [-0.3, -0.25) is 0 Å². The van der Waals surface area contributed by atoms with Crippen molar-refractivity contribution in [3.63, 3.8) is 0 Å². The van der Waals surface area contributed by atoms with Crippen LogP contribution in [0.3, 0.4) is 0 Å². The smallest absolute Gasteiger partial charge is 0.0499 e. The first-order chi connectivity index (χ1) is 8.76. The molecule has 0 aromatic carbocycles. The molecule has 1 aliphatic rings. The third-order valence-electron chi connectivity index (χ3n) is 4.46. The molecule has 0 atom stereocenters. The Morgan fingerprint density at radius 3 is 1.94 bits per heavy atom. The van der Waals surface area contributed by atoms with Gasteiger partial charge in [0, 0.05) is 18.6 Å². The Bertz CT molecular complexity index is 191. The maximum atomic E-state index is 9.81. The molecule has 0 radical (unpaired) electrons. The van der Waals surface area contributed by atoms with Gasteiger partial charge >= 0.3 is 0 Å². The minimum atomic E-state index is 0.222. The Morgan fingerprint density at radius 1 is 0.944 bits per heavy atom. The largest absolute Gasteiger partial charge is 0.396 e. The van der Waals surface area contributed by atoms with Gasteiger partial charge in [-0.2, -0.15) is 0 Å². The molecular formula is C16H33NO. The number of unbranched alkanes of at least 4 members (excludes halogenated alkanes) is 2. The van der Waals surface area contributed by atoms with Crippen LogP contribution in [0.1, 0.15) is 71.6 Å². The number of aliphatic hydroxyl groups is 1. The van der Waals surface area contributed by atoms with Gasteiger partial charge in [0.1, 0.15) is 0 Å². The van der Waals surface area contributed by atoms with Gasteiger partial charge in [-0.1, -0.05) is 46.0 Å². The molecule has 0 heterocycles. The summed E-state index contributed by atoms with van der Waals surface area (Å²) in [6.45, 7) is 8.49. The third-order valence-corrected chi connectivity index (χ3v) is 4.46. The van der Waals surface area contributed by atoms with Crippen LogP contribution in [0.15, 0.2) is 0 Å². The summed E-state index contributed by atoms with van der Waals surface area (Å²) in [6.07, 6.45) is 11.6. The van der Waals surface area contributed by atoms with Gasteiger partial charge < -0.3 is 10.0 Å². The van der Waals surface area contributed by atoms with E-state index in [4.69, 9.17) is 0 Å². The minimum absolute atomic E-state index is 0.222. The quantitative estimate of drug-likeness (QED) is 0.677. The van der Waals surface area contributed by atoms with Crippen LogP contribution < -0.4 is 0 Å². The van der Waals surface area contributed by atoms with Gasteiger partial charge in [-0.25, -0.2) is 0 Å². The van der Waals surface area contributed by atoms with Crippen LogP contribution in [-0.4, -0.2) is 36.2 Å². The molecule has 2 nitrogen and oxygen atoms in total. The van der Waals surface area contributed by atoms with Crippen LogP contribution in [0.2, 0.25) is 0 Å². The SMILES string of the molecule is CCCCN(CCCC)CC1(CO)CCCCC1. The maximum Gasteiger partial charge on any atom is 0.0499 e. The van der Waals surface area contributed by atoms with Gasteiger partial charge in [-0.05, 0) is 38.8 Å². The first-order valence-corrected chi connectivity index (χ1v) is 8.09. The number of aliphatic hydroxyl groups excluding tert-OH is 1. The summed E-state index contributed by atoms with van der Waals surface area (Å²) in [5.41, 5.74) is 0.222. The molecule has 0 saturated heterocycles. The highest BCUT2D eigenvalue weighted by Crippen LogP contribution is 2.36. The van der Waals surface area contributed by atoms with Crippen molar-refractivity contribution in [2.45, 2.75) is 71.6 Å². The molecule has 1 N–H and O–H groups in total. The molecule has 1 fully saturated rings. The topological polar surface area (TPSA) is 23.5 Å². The van der Waals surface area contributed by atoms with Gasteiger partial charge in [-0.15, -0.1) is 0 Å². The molecule has 1 rings (SSSR count). The maximum absolute atomic E-state index is 9.81. The van der Waals surface area contributed by atoms with E-state index < -0.39 is 0 Å². The van der Waals surface area contributed by atoms with E-state index in [1.165, 1.54) is 70.9 Å². The predicted octanol–water partition coefficient (Wildman–Crippen LogP) is 3.83. The summed E-state index contributed by atoms with van der Waals surface area (Å²) in [6, 6.07) is 0. The standard InChI is InChI=1S/C16H33NO/c1-3-5-12-17(13-6-4-2)14-16(15-18)10-8-7-9-11-16/h18H,3-15H2,1-2H3. The van der Waals surface area contributed by atoms with Crippen LogP contribution in [0.5, 0.6) is 0 Å². The van der Waals surface area contributed by atoms with Crippen molar-refractivity contribution in [1.82, 2.24) is 4.90 Å². The van der Waals surface area contributed by atoms with Crippen LogP contribution in [0.4, 0.5) is 0 Å². The molecule has 0 aromatic rings. The molecule has 1 aliphatic carbocycles. The molecule has 1 saturated carbocycles. The first kappa shape index (κ1) is 16.0. The summed E-state index contributed by atoms with van der Waals surface area (Å²) in [5, 5.41) is 9.81. The van der Waals surface area contributed by atoms with E-state index in [9.17, 15) is 5.11 Å². The zero-order valence-electron chi connectivity index (χ0n) is 12.6. The molecule has 2 heteroatoms. The molecule has 0 unspecified atom stereocenters. The highest BCUT2D eigenvalue weighted by Gasteiger charge is 2.32. The second-order valence-electron chi connectivity index (χ2n) is 6.20. The molecule has 0 aliphatic heterocycles. The highest BCUT2D eigenvalue weighted by atomic mass is 16.3. The fourth-order valence-electron chi connectivity index (χ4n) is 3.18.